The van der Waals surface area contributed by atoms with Gasteiger partial charge in [-0.25, -0.2) is 21.9 Å². The van der Waals surface area contributed by atoms with E-state index >= 15 is 0 Å². The smallest absolute Gasteiger partial charge is 0.341 e. The number of nitrogens with one attached hydrogen (secondary N) is 1. The lowest BCUT2D eigenvalue weighted by Crippen LogP contribution is -2.42. The highest BCUT2D eigenvalue weighted by atomic mass is 35.5. The van der Waals surface area contributed by atoms with Gasteiger partial charge < -0.3 is 10.1 Å². The fraction of sp³-hybridized carbons (Fsp3) is 0.478. The van der Waals surface area contributed by atoms with Crippen LogP contribution in [0.5, 0.6) is 0 Å². The maximum absolute atomic E-state index is 14.1. The van der Waals surface area contributed by atoms with Gasteiger partial charge in [0.05, 0.1) is 18.4 Å². The Morgan fingerprint density at radius 1 is 1.24 bits per heavy atom. The number of carbonyl (C=O) groups is 2. The molecule has 1 fully saturated rings. The molecule has 0 spiro atoms. The van der Waals surface area contributed by atoms with Gasteiger partial charge in [0.1, 0.15) is 10.8 Å². The van der Waals surface area contributed by atoms with Crippen molar-refractivity contribution in [3.63, 3.8) is 0 Å². The highest BCUT2D eigenvalue weighted by Crippen LogP contribution is 2.39. The molecule has 0 bridgehead atoms. The summed E-state index contributed by atoms with van der Waals surface area (Å²) in [5.41, 5.74) is 1.35. The van der Waals surface area contributed by atoms with Crippen LogP contribution < -0.4 is 5.32 Å². The average molecular weight is 529 g/mol. The molecule has 1 N–H and O–H groups in total. The van der Waals surface area contributed by atoms with E-state index < -0.39 is 33.5 Å². The Morgan fingerprint density at radius 3 is 2.62 bits per heavy atom. The highest BCUT2D eigenvalue weighted by molar-refractivity contribution is 7.88. The van der Waals surface area contributed by atoms with Crippen molar-refractivity contribution in [2.45, 2.75) is 44.3 Å². The van der Waals surface area contributed by atoms with Crippen molar-refractivity contribution >= 4 is 49.8 Å². The number of hydrogen-bond acceptors (Lipinski definition) is 6. The number of methoxy groups -OCH3 is 1. The number of rotatable bonds is 6. The van der Waals surface area contributed by atoms with Crippen LogP contribution in [-0.2, 0) is 38.1 Å². The number of esters is 1. The van der Waals surface area contributed by atoms with E-state index in [0.29, 0.717) is 23.4 Å². The van der Waals surface area contributed by atoms with Gasteiger partial charge in [0, 0.05) is 34.5 Å². The third-order valence-electron chi connectivity index (χ3n) is 6.40. The molecular weight excluding hydrogens is 503 g/mol. The summed E-state index contributed by atoms with van der Waals surface area (Å²) in [6.45, 7) is 0.300. The summed E-state index contributed by atoms with van der Waals surface area (Å²) in [4.78, 5) is 26.5. The molecule has 2 aliphatic rings. The number of anilines is 1. The van der Waals surface area contributed by atoms with Crippen molar-refractivity contribution in [1.29, 1.82) is 0 Å². The van der Waals surface area contributed by atoms with Crippen LogP contribution in [0.2, 0.25) is 5.02 Å². The van der Waals surface area contributed by atoms with Gasteiger partial charge in [-0.2, -0.15) is 0 Å². The molecule has 1 aromatic heterocycles. The largest absolute Gasteiger partial charge is 0.465 e. The molecule has 1 amide bonds. The van der Waals surface area contributed by atoms with Crippen molar-refractivity contribution in [3.8, 4) is 0 Å². The second kappa shape index (κ2) is 10.3. The summed E-state index contributed by atoms with van der Waals surface area (Å²) < 4.78 is 46.0. The lowest BCUT2D eigenvalue weighted by atomic mass is 9.95. The number of halogens is 2. The number of sulfonamides is 1. The first-order valence-electron chi connectivity index (χ1n) is 11.2. The van der Waals surface area contributed by atoms with Crippen LogP contribution in [0, 0.1) is 11.7 Å². The Morgan fingerprint density at radius 2 is 1.94 bits per heavy atom. The first-order chi connectivity index (χ1) is 16.2. The monoisotopic (exact) mass is 528 g/mol. The second-order valence-corrected chi connectivity index (χ2v) is 12.0. The molecule has 34 heavy (non-hydrogen) atoms. The predicted molar refractivity (Wildman–Crippen MR) is 129 cm³/mol. The fourth-order valence-electron chi connectivity index (χ4n) is 4.53. The predicted octanol–water partition coefficient (Wildman–Crippen LogP) is 4.39. The number of carbonyl (C=O) groups excluding carboxylic acids is 2. The number of benzene rings is 1. The van der Waals surface area contributed by atoms with E-state index in [1.807, 2.05) is 0 Å². The molecule has 0 saturated carbocycles. The maximum Gasteiger partial charge on any atom is 0.341 e. The quantitative estimate of drug-likeness (QED) is 0.561. The van der Waals surface area contributed by atoms with E-state index in [1.165, 1.54) is 41.0 Å². The standard InChI is InChI=1S/C23H26ClFN2O5S2/c1-32-23(29)20-15-5-2-3-8-19(15)33-22(20)26-21(28)14-9-11-27(12-10-14)34(30,31)13-16-17(24)6-4-7-18(16)25/h4,6-7,14H,2-3,5,8-13H2,1H3,(H,26,28). The van der Waals surface area contributed by atoms with E-state index in [1.54, 1.807) is 0 Å². The van der Waals surface area contributed by atoms with Gasteiger partial charge in [-0.05, 0) is 56.2 Å². The molecule has 0 unspecified atom stereocenters. The zero-order valence-electron chi connectivity index (χ0n) is 18.7. The Balaban J connectivity index is 1.42. The van der Waals surface area contributed by atoms with Crippen molar-refractivity contribution in [1.82, 2.24) is 4.31 Å². The number of amides is 1. The highest BCUT2D eigenvalue weighted by Gasteiger charge is 2.34. The third-order valence-corrected chi connectivity index (χ3v) is 9.77. The van der Waals surface area contributed by atoms with Crippen molar-refractivity contribution < 1.29 is 27.1 Å². The Bertz CT molecular complexity index is 1190. The fourth-order valence-corrected chi connectivity index (χ4v) is 7.72. The number of piperidine rings is 1. The molecule has 2 heterocycles. The summed E-state index contributed by atoms with van der Waals surface area (Å²) in [7, 11) is -2.47. The van der Waals surface area contributed by atoms with Gasteiger partial charge in [0.25, 0.3) is 0 Å². The first kappa shape index (κ1) is 25.1. The van der Waals surface area contributed by atoms with Crippen LogP contribution in [0.1, 0.15) is 52.0 Å². The minimum absolute atomic E-state index is 0.0546. The zero-order valence-corrected chi connectivity index (χ0v) is 21.1. The summed E-state index contributed by atoms with van der Waals surface area (Å²) in [6, 6.07) is 4.06. The molecule has 1 aromatic carbocycles. The van der Waals surface area contributed by atoms with Gasteiger partial charge in [-0.3, -0.25) is 4.79 Å². The van der Waals surface area contributed by atoms with Crippen LogP contribution in [-0.4, -0.2) is 44.8 Å². The van der Waals surface area contributed by atoms with E-state index in [0.717, 1.165) is 36.1 Å². The van der Waals surface area contributed by atoms with Crippen molar-refractivity contribution in [3.05, 3.63) is 50.6 Å². The van der Waals surface area contributed by atoms with Gasteiger partial charge in [0.2, 0.25) is 15.9 Å². The lowest BCUT2D eigenvalue weighted by Gasteiger charge is -2.30. The number of ether oxygens (including phenoxy) is 1. The van der Waals surface area contributed by atoms with Crippen LogP contribution in [0.3, 0.4) is 0 Å². The number of fused-ring (bicyclic) bond motifs is 1. The molecule has 1 aliphatic heterocycles. The van der Waals surface area contributed by atoms with E-state index in [2.05, 4.69) is 5.32 Å². The Labute approximate surface area is 207 Å². The summed E-state index contributed by atoms with van der Waals surface area (Å²) in [6.07, 6.45) is 4.36. The molecule has 2 aromatic rings. The van der Waals surface area contributed by atoms with Gasteiger partial charge in [-0.1, -0.05) is 17.7 Å². The van der Waals surface area contributed by atoms with Crippen LogP contribution in [0.15, 0.2) is 18.2 Å². The molecule has 184 valence electrons. The van der Waals surface area contributed by atoms with Crippen molar-refractivity contribution in [2.24, 2.45) is 5.92 Å². The number of nitrogens with zero attached hydrogens (tertiary/aromatic N) is 1. The van der Waals surface area contributed by atoms with E-state index in [-0.39, 0.29) is 29.6 Å². The Kier molecular flexibility index (Phi) is 7.61. The van der Waals surface area contributed by atoms with Gasteiger partial charge in [-0.15, -0.1) is 11.3 Å². The molecule has 1 saturated heterocycles. The average Bonchev–Trinajstić information content (AvgIpc) is 3.19. The minimum Gasteiger partial charge on any atom is -0.465 e. The summed E-state index contributed by atoms with van der Waals surface area (Å²) >= 11 is 7.41. The number of hydrogen-bond donors (Lipinski definition) is 1. The SMILES string of the molecule is COC(=O)c1c(NC(=O)C2CCN(S(=O)(=O)Cc3c(F)cccc3Cl)CC2)sc2c1CCCC2. The molecular formula is C23H26ClFN2O5S2. The van der Waals surface area contributed by atoms with Crippen LogP contribution in [0.4, 0.5) is 9.39 Å². The van der Waals surface area contributed by atoms with Gasteiger partial charge in [0.15, 0.2) is 0 Å². The first-order valence-corrected chi connectivity index (χ1v) is 14.0. The van der Waals surface area contributed by atoms with Crippen LogP contribution in [0.25, 0.3) is 0 Å². The maximum atomic E-state index is 14.1. The second-order valence-electron chi connectivity index (χ2n) is 8.53. The lowest BCUT2D eigenvalue weighted by molar-refractivity contribution is -0.120. The van der Waals surface area contributed by atoms with Gasteiger partial charge >= 0.3 is 5.97 Å². The molecule has 1 aliphatic carbocycles. The molecule has 7 nitrogen and oxygen atoms in total. The minimum atomic E-state index is -3.79. The molecule has 4 rings (SSSR count). The van der Waals surface area contributed by atoms with E-state index in [4.69, 9.17) is 16.3 Å². The summed E-state index contributed by atoms with van der Waals surface area (Å²) in [5, 5.41) is 3.48. The summed E-state index contributed by atoms with van der Waals surface area (Å²) in [5.74, 6) is -2.28. The molecule has 11 heteroatoms. The van der Waals surface area contributed by atoms with E-state index in [9.17, 15) is 22.4 Å². The van der Waals surface area contributed by atoms with Crippen LogP contribution >= 0.6 is 22.9 Å². The number of thiophene rings is 1. The Hall–Kier alpha value is -2.01. The normalized spacial score (nSPS) is 17.3. The van der Waals surface area contributed by atoms with Crippen molar-refractivity contribution in [2.75, 3.05) is 25.5 Å². The molecule has 0 atom stereocenters. The molecule has 0 radical (unpaired) electrons. The number of aryl methyl sites for hydroxylation is 1. The third kappa shape index (κ3) is 5.15. The topological polar surface area (TPSA) is 92.8 Å². The zero-order chi connectivity index (χ0) is 24.5.